The van der Waals surface area contributed by atoms with Crippen molar-refractivity contribution in [2.75, 3.05) is 14.2 Å². The van der Waals surface area contributed by atoms with Crippen molar-refractivity contribution in [1.82, 2.24) is 0 Å². The molecule has 0 radical (unpaired) electrons. The van der Waals surface area contributed by atoms with E-state index >= 15 is 0 Å². The Morgan fingerprint density at radius 2 is 2.00 bits per heavy atom. The highest BCUT2D eigenvalue weighted by molar-refractivity contribution is 5.70. The van der Waals surface area contributed by atoms with Gasteiger partial charge < -0.3 is 14.6 Å². The molecule has 0 saturated carbocycles. The minimum Gasteiger partial charge on any atom is -0.493 e. The number of benzene rings is 1. The third-order valence-electron chi connectivity index (χ3n) is 3.06. The molecule has 0 heterocycles. The molecule has 1 rings (SSSR count). The van der Waals surface area contributed by atoms with Crippen molar-refractivity contribution < 1.29 is 19.4 Å². The van der Waals surface area contributed by atoms with Gasteiger partial charge in [-0.05, 0) is 24.5 Å². The van der Waals surface area contributed by atoms with Gasteiger partial charge in [-0.15, -0.1) is 0 Å². The lowest BCUT2D eigenvalue weighted by Crippen LogP contribution is -2.14. The molecule has 0 aliphatic rings. The molecule has 4 nitrogen and oxygen atoms in total. The van der Waals surface area contributed by atoms with Crippen LogP contribution in [-0.4, -0.2) is 25.3 Å². The number of methoxy groups -OCH3 is 2. The molecular weight excluding hydrogens is 232 g/mol. The maximum atomic E-state index is 11.0. The van der Waals surface area contributed by atoms with Crippen LogP contribution < -0.4 is 9.47 Å². The lowest BCUT2D eigenvalue weighted by molar-refractivity contribution is -0.141. The van der Waals surface area contributed by atoms with Crippen LogP contribution in [-0.2, 0) is 17.6 Å². The Hall–Kier alpha value is -1.71. The molecular formula is C14H20O4. The summed E-state index contributed by atoms with van der Waals surface area (Å²) < 4.78 is 10.6. The maximum Gasteiger partial charge on any atom is 0.306 e. The SMILES string of the molecule is CCc1ccc(OC)c(OC)c1CC(C)C(=O)O. The van der Waals surface area contributed by atoms with Gasteiger partial charge in [0.05, 0.1) is 20.1 Å². The first-order valence-corrected chi connectivity index (χ1v) is 6.00. The summed E-state index contributed by atoms with van der Waals surface area (Å²) >= 11 is 0. The van der Waals surface area contributed by atoms with Crippen LogP contribution in [0.4, 0.5) is 0 Å². The van der Waals surface area contributed by atoms with Crippen molar-refractivity contribution in [1.29, 1.82) is 0 Å². The Morgan fingerprint density at radius 3 is 2.44 bits per heavy atom. The lowest BCUT2D eigenvalue weighted by Gasteiger charge is -2.17. The van der Waals surface area contributed by atoms with Crippen molar-refractivity contribution >= 4 is 5.97 Å². The summed E-state index contributed by atoms with van der Waals surface area (Å²) in [7, 11) is 3.15. The molecule has 0 aromatic heterocycles. The summed E-state index contributed by atoms with van der Waals surface area (Å²) in [6.45, 7) is 3.73. The van der Waals surface area contributed by atoms with Crippen LogP contribution in [0.1, 0.15) is 25.0 Å². The first-order chi connectivity index (χ1) is 8.54. The van der Waals surface area contributed by atoms with E-state index in [0.29, 0.717) is 17.9 Å². The minimum atomic E-state index is -0.804. The van der Waals surface area contributed by atoms with Crippen LogP contribution >= 0.6 is 0 Å². The molecule has 1 N–H and O–H groups in total. The van der Waals surface area contributed by atoms with Crippen molar-refractivity contribution in [3.8, 4) is 11.5 Å². The molecule has 0 saturated heterocycles. The molecule has 1 atom stereocenters. The Balaban J connectivity index is 3.23. The standard InChI is InChI=1S/C14H20O4/c1-5-10-6-7-12(17-3)13(18-4)11(10)8-9(2)14(15)16/h6-7,9H,5,8H2,1-4H3,(H,15,16). The fourth-order valence-electron chi connectivity index (χ4n) is 1.98. The monoisotopic (exact) mass is 252 g/mol. The fraction of sp³-hybridized carbons (Fsp3) is 0.500. The van der Waals surface area contributed by atoms with Gasteiger partial charge in [-0.1, -0.05) is 19.9 Å². The molecule has 0 aliphatic carbocycles. The van der Waals surface area contributed by atoms with E-state index in [9.17, 15) is 4.79 Å². The average molecular weight is 252 g/mol. The predicted octanol–water partition coefficient (Wildman–Crippen LogP) is 2.53. The van der Waals surface area contributed by atoms with E-state index in [1.807, 2.05) is 19.1 Å². The maximum absolute atomic E-state index is 11.0. The summed E-state index contributed by atoms with van der Waals surface area (Å²) in [5, 5.41) is 9.02. The van der Waals surface area contributed by atoms with E-state index < -0.39 is 11.9 Å². The van der Waals surface area contributed by atoms with Crippen molar-refractivity contribution in [3.05, 3.63) is 23.3 Å². The van der Waals surface area contributed by atoms with Crippen LogP contribution in [0.15, 0.2) is 12.1 Å². The summed E-state index contributed by atoms with van der Waals surface area (Å²) in [5.74, 6) is 0.0328. The van der Waals surface area contributed by atoms with Gasteiger partial charge in [0.2, 0.25) is 0 Å². The molecule has 1 aromatic carbocycles. The molecule has 0 bridgehead atoms. The highest BCUT2D eigenvalue weighted by atomic mass is 16.5. The Bertz CT molecular complexity index is 426. The number of carboxylic acids is 1. The number of ether oxygens (including phenoxy) is 2. The van der Waals surface area contributed by atoms with E-state index in [0.717, 1.165) is 17.5 Å². The molecule has 0 spiro atoms. The van der Waals surface area contributed by atoms with Gasteiger partial charge in [-0.25, -0.2) is 0 Å². The van der Waals surface area contributed by atoms with Crippen LogP contribution in [0, 0.1) is 5.92 Å². The van der Waals surface area contributed by atoms with Gasteiger partial charge in [0.25, 0.3) is 0 Å². The third kappa shape index (κ3) is 2.94. The van der Waals surface area contributed by atoms with Crippen LogP contribution in [0.5, 0.6) is 11.5 Å². The normalized spacial score (nSPS) is 12.0. The smallest absolute Gasteiger partial charge is 0.306 e. The number of rotatable bonds is 6. The van der Waals surface area contributed by atoms with Gasteiger partial charge in [-0.2, -0.15) is 0 Å². The molecule has 0 amide bonds. The van der Waals surface area contributed by atoms with Crippen molar-refractivity contribution in [3.63, 3.8) is 0 Å². The quantitative estimate of drug-likeness (QED) is 0.845. The average Bonchev–Trinajstić information content (AvgIpc) is 2.37. The van der Waals surface area contributed by atoms with Crippen LogP contribution in [0.3, 0.4) is 0 Å². The third-order valence-corrected chi connectivity index (χ3v) is 3.06. The Morgan fingerprint density at radius 1 is 1.33 bits per heavy atom. The largest absolute Gasteiger partial charge is 0.493 e. The highest BCUT2D eigenvalue weighted by Gasteiger charge is 2.19. The number of aliphatic carboxylic acids is 1. The number of carbonyl (C=O) groups is 1. The van der Waals surface area contributed by atoms with Crippen LogP contribution in [0.25, 0.3) is 0 Å². The van der Waals surface area contributed by atoms with Gasteiger partial charge in [0.1, 0.15) is 0 Å². The number of carboxylic acid groups (broad SMARTS) is 1. The number of hydrogen-bond donors (Lipinski definition) is 1. The second-order valence-corrected chi connectivity index (χ2v) is 4.24. The molecule has 1 unspecified atom stereocenters. The Kier molecular flexibility index (Phi) is 5.01. The van der Waals surface area contributed by atoms with Gasteiger partial charge >= 0.3 is 5.97 Å². The van der Waals surface area contributed by atoms with E-state index in [1.165, 1.54) is 0 Å². The van der Waals surface area contributed by atoms with Gasteiger partial charge in [0, 0.05) is 5.56 Å². The second kappa shape index (κ2) is 6.28. The van der Waals surface area contributed by atoms with Crippen molar-refractivity contribution in [2.45, 2.75) is 26.7 Å². The van der Waals surface area contributed by atoms with Crippen molar-refractivity contribution in [2.24, 2.45) is 5.92 Å². The second-order valence-electron chi connectivity index (χ2n) is 4.24. The fourth-order valence-corrected chi connectivity index (χ4v) is 1.98. The highest BCUT2D eigenvalue weighted by Crippen LogP contribution is 2.35. The van der Waals surface area contributed by atoms with E-state index in [-0.39, 0.29) is 0 Å². The van der Waals surface area contributed by atoms with E-state index in [2.05, 4.69) is 0 Å². The molecule has 0 fully saturated rings. The number of aryl methyl sites for hydroxylation is 1. The topological polar surface area (TPSA) is 55.8 Å². The van der Waals surface area contributed by atoms with E-state index in [4.69, 9.17) is 14.6 Å². The number of hydrogen-bond acceptors (Lipinski definition) is 3. The zero-order valence-corrected chi connectivity index (χ0v) is 11.3. The minimum absolute atomic E-state index is 0.443. The van der Waals surface area contributed by atoms with E-state index in [1.54, 1.807) is 21.1 Å². The van der Waals surface area contributed by atoms with Crippen LogP contribution in [0.2, 0.25) is 0 Å². The summed E-state index contributed by atoms with van der Waals surface area (Å²) in [6, 6.07) is 3.82. The summed E-state index contributed by atoms with van der Waals surface area (Å²) in [4.78, 5) is 11.0. The molecule has 18 heavy (non-hydrogen) atoms. The first-order valence-electron chi connectivity index (χ1n) is 6.00. The van der Waals surface area contributed by atoms with Gasteiger partial charge in [-0.3, -0.25) is 4.79 Å². The lowest BCUT2D eigenvalue weighted by atomic mass is 9.94. The molecule has 4 heteroatoms. The summed E-state index contributed by atoms with van der Waals surface area (Å²) in [5.41, 5.74) is 2.02. The predicted molar refractivity (Wildman–Crippen MR) is 69.4 cm³/mol. The first kappa shape index (κ1) is 14.4. The zero-order valence-electron chi connectivity index (χ0n) is 11.3. The molecule has 100 valence electrons. The Labute approximate surface area is 108 Å². The van der Waals surface area contributed by atoms with Gasteiger partial charge in [0.15, 0.2) is 11.5 Å². The summed E-state index contributed by atoms with van der Waals surface area (Å²) in [6.07, 6.45) is 1.28. The zero-order chi connectivity index (χ0) is 13.7. The molecule has 0 aliphatic heterocycles. The molecule has 1 aromatic rings.